The van der Waals surface area contributed by atoms with E-state index in [2.05, 4.69) is 24.3 Å². The minimum absolute atomic E-state index is 0.230. The highest BCUT2D eigenvalue weighted by Gasteiger charge is 2.16. The first-order valence-electron chi connectivity index (χ1n) is 8.09. The minimum Gasteiger partial charge on any atom is -0.490 e. The van der Waals surface area contributed by atoms with Crippen molar-refractivity contribution in [1.29, 1.82) is 0 Å². The third-order valence-electron chi connectivity index (χ3n) is 3.59. The maximum absolute atomic E-state index is 10.1. The largest absolute Gasteiger partial charge is 0.490 e. The van der Waals surface area contributed by atoms with Gasteiger partial charge in [-0.25, -0.2) is 0 Å². The van der Waals surface area contributed by atoms with E-state index in [-0.39, 0.29) is 6.61 Å². The highest BCUT2D eigenvalue weighted by molar-refractivity contribution is 7.17. The Morgan fingerprint density at radius 2 is 2.08 bits per heavy atom. The average molecular weight is 346 g/mol. The second-order valence-electron chi connectivity index (χ2n) is 6.16. The molecule has 128 valence electrons. The van der Waals surface area contributed by atoms with E-state index in [1.54, 1.807) is 11.3 Å². The standard InChI is InChI=1S/C18H22N2O3S/c1-12(2)9-19-10-13(21)11-22-15-6-4-3-5-14(15)17-18-16(23-20-17)7-8-24-18/h3-8,12-13,19,21H,9-11H2,1-2H3. The van der Waals surface area contributed by atoms with Crippen molar-refractivity contribution in [3.8, 4) is 17.0 Å². The van der Waals surface area contributed by atoms with E-state index in [1.165, 1.54) is 0 Å². The summed E-state index contributed by atoms with van der Waals surface area (Å²) in [6.45, 7) is 5.89. The molecule has 0 aliphatic rings. The number of aromatic nitrogens is 1. The van der Waals surface area contributed by atoms with Crippen molar-refractivity contribution >= 4 is 21.6 Å². The van der Waals surface area contributed by atoms with Gasteiger partial charge in [0.1, 0.15) is 28.9 Å². The SMILES string of the molecule is CC(C)CNCC(O)COc1ccccc1-c1noc2ccsc12. The van der Waals surface area contributed by atoms with Crippen LogP contribution in [0.3, 0.4) is 0 Å². The topological polar surface area (TPSA) is 67.5 Å². The number of fused-ring (bicyclic) bond motifs is 1. The van der Waals surface area contributed by atoms with Crippen molar-refractivity contribution in [2.45, 2.75) is 20.0 Å². The zero-order valence-electron chi connectivity index (χ0n) is 13.9. The summed E-state index contributed by atoms with van der Waals surface area (Å²) in [6, 6.07) is 9.60. The fraction of sp³-hybridized carbons (Fsp3) is 0.389. The fourth-order valence-electron chi connectivity index (χ4n) is 2.42. The number of nitrogens with one attached hydrogen (secondary N) is 1. The molecule has 3 aromatic rings. The van der Waals surface area contributed by atoms with Gasteiger partial charge in [-0.3, -0.25) is 0 Å². The van der Waals surface area contributed by atoms with Crippen LogP contribution in [0.15, 0.2) is 40.2 Å². The molecule has 0 aliphatic carbocycles. The van der Waals surface area contributed by atoms with Gasteiger partial charge in [0.05, 0.1) is 0 Å². The Morgan fingerprint density at radius 1 is 1.25 bits per heavy atom. The molecule has 1 unspecified atom stereocenters. The number of aliphatic hydroxyl groups excluding tert-OH is 1. The number of hydrogen-bond acceptors (Lipinski definition) is 6. The number of aliphatic hydroxyl groups is 1. The minimum atomic E-state index is -0.559. The Bertz CT molecular complexity index is 781. The van der Waals surface area contributed by atoms with Gasteiger partial charge in [0.15, 0.2) is 5.58 Å². The molecule has 2 N–H and O–H groups in total. The third-order valence-corrected chi connectivity index (χ3v) is 4.49. The molecular weight excluding hydrogens is 324 g/mol. The van der Waals surface area contributed by atoms with E-state index in [9.17, 15) is 5.11 Å². The van der Waals surface area contributed by atoms with E-state index < -0.39 is 6.10 Å². The quantitative estimate of drug-likeness (QED) is 0.653. The number of para-hydroxylation sites is 1. The lowest BCUT2D eigenvalue weighted by Gasteiger charge is -2.15. The molecule has 0 amide bonds. The first-order chi connectivity index (χ1) is 11.6. The summed E-state index contributed by atoms with van der Waals surface area (Å²) in [5.41, 5.74) is 2.44. The summed E-state index contributed by atoms with van der Waals surface area (Å²) in [6.07, 6.45) is -0.559. The van der Waals surface area contributed by atoms with E-state index in [0.717, 1.165) is 28.1 Å². The van der Waals surface area contributed by atoms with Crippen LogP contribution >= 0.6 is 11.3 Å². The molecule has 0 saturated heterocycles. The van der Waals surface area contributed by atoms with Gasteiger partial charge in [-0.2, -0.15) is 0 Å². The first kappa shape index (κ1) is 17.0. The molecule has 1 aromatic carbocycles. The molecule has 0 aliphatic heterocycles. The van der Waals surface area contributed by atoms with Crippen molar-refractivity contribution < 1.29 is 14.4 Å². The molecule has 6 heteroatoms. The Morgan fingerprint density at radius 3 is 2.92 bits per heavy atom. The number of ether oxygens (including phenoxy) is 1. The molecule has 0 fully saturated rings. The summed E-state index contributed by atoms with van der Waals surface area (Å²) >= 11 is 1.59. The second-order valence-corrected chi connectivity index (χ2v) is 7.07. The molecule has 5 nitrogen and oxygen atoms in total. The normalized spacial score (nSPS) is 12.8. The average Bonchev–Trinajstić information content (AvgIpc) is 3.16. The van der Waals surface area contributed by atoms with E-state index in [4.69, 9.17) is 9.26 Å². The van der Waals surface area contributed by atoms with Crippen LogP contribution in [-0.4, -0.2) is 36.1 Å². The van der Waals surface area contributed by atoms with Crippen molar-refractivity contribution in [2.24, 2.45) is 5.92 Å². The number of hydrogen-bond donors (Lipinski definition) is 2. The zero-order valence-corrected chi connectivity index (χ0v) is 14.7. The summed E-state index contributed by atoms with van der Waals surface area (Å²) in [5, 5.41) is 19.4. The van der Waals surface area contributed by atoms with Crippen molar-refractivity contribution in [1.82, 2.24) is 10.5 Å². The van der Waals surface area contributed by atoms with Crippen LogP contribution in [0.25, 0.3) is 21.5 Å². The van der Waals surface area contributed by atoms with Gasteiger partial charge in [0.2, 0.25) is 0 Å². The van der Waals surface area contributed by atoms with Gasteiger partial charge in [-0.15, -0.1) is 11.3 Å². The molecule has 3 rings (SSSR count). The maximum Gasteiger partial charge on any atom is 0.178 e. The molecule has 2 heterocycles. The predicted molar refractivity (Wildman–Crippen MR) is 96.5 cm³/mol. The van der Waals surface area contributed by atoms with Crippen LogP contribution in [0.1, 0.15) is 13.8 Å². The third kappa shape index (κ3) is 3.95. The summed E-state index contributed by atoms with van der Waals surface area (Å²) in [4.78, 5) is 0. The molecule has 2 aromatic heterocycles. The predicted octanol–water partition coefficient (Wildman–Crippen LogP) is 3.54. The van der Waals surface area contributed by atoms with Crippen LogP contribution in [0.5, 0.6) is 5.75 Å². The Labute approximate surface area is 145 Å². The smallest absolute Gasteiger partial charge is 0.178 e. The lowest BCUT2D eigenvalue weighted by atomic mass is 10.1. The molecule has 0 bridgehead atoms. The summed E-state index contributed by atoms with van der Waals surface area (Å²) in [7, 11) is 0. The van der Waals surface area contributed by atoms with Gasteiger partial charge >= 0.3 is 0 Å². The highest BCUT2D eigenvalue weighted by atomic mass is 32.1. The molecule has 1 atom stereocenters. The van der Waals surface area contributed by atoms with Gasteiger partial charge in [-0.05, 0) is 36.0 Å². The van der Waals surface area contributed by atoms with Gasteiger partial charge in [0, 0.05) is 12.1 Å². The van der Waals surface area contributed by atoms with Gasteiger partial charge < -0.3 is 19.7 Å². The summed E-state index contributed by atoms with van der Waals surface area (Å²) < 4.78 is 12.2. The van der Waals surface area contributed by atoms with Crippen molar-refractivity contribution in [3.63, 3.8) is 0 Å². The molecule has 0 radical (unpaired) electrons. The van der Waals surface area contributed by atoms with E-state index in [1.807, 2.05) is 35.7 Å². The highest BCUT2D eigenvalue weighted by Crippen LogP contribution is 2.36. The van der Waals surface area contributed by atoms with Crippen LogP contribution < -0.4 is 10.1 Å². The van der Waals surface area contributed by atoms with Crippen LogP contribution in [-0.2, 0) is 0 Å². The Balaban J connectivity index is 1.68. The second kappa shape index (κ2) is 7.79. The number of nitrogens with zero attached hydrogens (tertiary/aromatic N) is 1. The monoisotopic (exact) mass is 346 g/mol. The number of thiophene rings is 1. The van der Waals surface area contributed by atoms with Crippen molar-refractivity contribution in [3.05, 3.63) is 35.7 Å². The van der Waals surface area contributed by atoms with Crippen LogP contribution in [0.4, 0.5) is 0 Å². The first-order valence-corrected chi connectivity index (χ1v) is 8.97. The molecule has 24 heavy (non-hydrogen) atoms. The lowest BCUT2D eigenvalue weighted by molar-refractivity contribution is 0.106. The fourth-order valence-corrected chi connectivity index (χ4v) is 3.23. The lowest BCUT2D eigenvalue weighted by Crippen LogP contribution is -2.33. The number of rotatable bonds is 8. The van der Waals surface area contributed by atoms with E-state index >= 15 is 0 Å². The van der Waals surface area contributed by atoms with Crippen LogP contribution in [0.2, 0.25) is 0 Å². The zero-order chi connectivity index (χ0) is 16.9. The van der Waals surface area contributed by atoms with E-state index in [0.29, 0.717) is 18.2 Å². The van der Waals surface area contributed by atoms with Crippen LogP contribution in [0, 0.1) is 5.92 Å². The van der Waals surface area contributed by atoms with Gasteiger partial charge in [0.25, 0.3) is 0 Å². The maximum atomic E-state index is 10.1. The molecule has 0 saturated carbocycles. The Kier molecular flexibility index (Phi) is 5.50. The molecule has 0 spiro atoms. The number of benzene rings is 1. The van der Waals surface area contributed by atoms with Crippen molar-refractivity contribution in [2.75, 3.05) is 19.7 Å². The Hall–Kier alpha value is -1.89. The molecular formula is C18H22N2O3S. The van der Waals surface area contributed by atoms with Gasteiger partial charge in [-0.1, -0.05) is 31.1 Å². The summed E-state index contributed by atoms with van der Waals surface area (Å²) in [5.74, 6) is 1.25.